The molecule has 3 rings (SSSR count). The summed E-state index contributed by atoms with van der Waals surface area (Å²) >= 11 is 3.15. The van der Waals surface area contributed by atoms with Crippen LogP contribution < -0.4 is 5.32 Å². The molecule has 2 amide bonds. The topological polar surface area (TPSA) is 87.3 Å². The summed E-state index contributed by atoms with van der Waals surface area (Å²) in [5, 5.41) is 2.65. The van der Waals surface area contributed by atoms with Crippen molar-refractivity contribution < 1.29 is 18.7 Å². The lowest BCUT2D eigenvalue weighted by atomic mass is 9.96. The van der Waals surface area contributed by atoms with Gasteiger partial charge in [0, 0.05) is 12.1 Å². The maximum absolute atomic E-state index is 13.9. The third kappa shape index (κ3) is 4.29. The zero-order valence-electron chi connectivity index (χ0n) is 16.6. The zero-order valence-corrected chi connectivity index (χ0v) is 18.2. The number of benzene rings is 1. The molecule has 0 spiro atoms. The van der Waals surface area contributed by atoms with E-state index in [1.165, 1.54) is 13.2 Å². The average molecular weight is 467 g/mol. The number of hydrogen-bond donors (Lipinski definition) is 2. The number of amides is 2. The van der Waals surface area contributed by atoms with Gasteiger partial charge in [0.15, 0.2) is 0 Å². The number of hydrogen-bond acceptors (Lipinski definition) is 4. The van der Waals surface area contributed by atoms with Gasteiger partial charge in [-0.15, -0.1) is 0 Å². The molecular formula is C20H24BrFN4O3. The summed E-state index contributed by atoms with van der Waals surface area (Å²) in [5.74, 6) is 0.107. The van der Waals surface area contributed by atoms with Crippen LogP contribution in [0.2, 0.25) is 0 Å². The van der Waals surface area contributed by atoms with Crippen molar-refractivity contribution in [2.24, 2.45) is 0 Å². The van der Waals surface area contributed by atoms with Crippen LogP contribution in [0.15, 0.2) is 28.9 Å². The highest BCUT2D eigenvalue weighted by atomic mass is 79.9. The number of ether oxygens (including phenoxy) is 1. The van der Waals surface area contributed by atoms with Crippen molar-refractivity contribution in [3.05, 3.63) is 40.5 Å². The molecule has 0 aliphatic carbocycles. The van der Waals surface area contributed by atoms with Crippen LogP contribution in [0.3, 0.4) is 0 Å². The van der Waals surface area contributed by atoms with Crippen LogP contribution in [-0.2, 0) is 9.53 Å². The van der Waals surface area contributed by atoms with Crippen LogP contribution in [0.25, 0.3) is 11.3 Å². The molecule has 1 unspecified atom stereocenters. The molecule has 2 N–H and O–H groups in total. The number of nitrogens with zero attached hydrogens (tertiary/aromatic N) is 2. The van der Waals surface area contributed by atoms with Gasteiger partial charge in [0.05, 0.1) is 29.5 Å². The van der Waals surface area contributed by atoms with E-state index in [4.69, 9.17) is 0 Å². The Bertz CT molecular complexity index is 919. The highest BCUT2D eigenvalue weighted by molar-refractivity contribution is 9.10. The first-order valence-electron chi connectivity index (χ1n) is 9.46. The minimum atomic E-state index is -1.07. The molecule has 0 saturated carbocycles. The number of nitrogens with one attached hydrogen (secondary N) is 2. The largest absolute Gasteiger partial charge is 0.453 e. The predicted octanol–water partition coefficient (Wildman–Crippen LogP) is 4.17. The quantitative estimate of drug-likeness (QED) is 0.691. The van der Waals surface area contributed by atoms with Gasteiger partial charge in [-0.25, -0.2) is 14.2 Å². The molecule has 2 aromatic rings. The fraction of sp³-hybridized carbons (Fsp3) is 0.450. The number of methoxy groups -OCH3 is 1. The lowest BCUT2D eigenvalue weighted by Gasteiger charge is -2.34. The number of imidazole rings is 1. The van der Waals surface area contributed by atoms with E-state index in [1.807, 2.05) is 6.92 Å². The van der Waals surface area contributed by atoms with E-state index < -0.39 is 11.6 Å². The van der Waals surface area contributed by atoms with Crippen LogP contribution in [0.5, 0.6) is 0 Å². The number of carbonyl (C=O) groups excluding carboxylic acids is 2. The standard InChI is InChI=1S/C20H24BrFN4O3/c1-4-20(2,25-19(28)29-3)18(27)26-9-5-6-16(26)17-23-11-15(24-17)12-7-8-13(21)14(22)10-12/h7-8,10-11,16H,4-6,9H2,1-3H3,(H,23,24)(H,25,28)/t16?,20-/m0/s1. The maximum Gasteiger partial charge on any atom is 0.407 e. The second-order valence-electron chi connectivity index (χ2n) is 7.27. The number of rotatable bonds is 5. The Balaban J connectivity index is 1.83. The van der Waals surface area contributed by atoms with Gasteiger partial charge in [-0.2, -0.15) is 0 Å². The van der Waals surface area contributed by atoms with Crippen molar-refractivity contribution in [3.63, 3.8) is 0 Å². The van der Waals surface area contributed by atoms with Gasteiger partial charge >= 0.3 is 6.09 Å². The molecule has 1 aliphatic heterocycles. The van der Waals surface area contributed by atoms with E-state index >= 15 is 0 Å². The van der Waals surface area contributed by atoms with Crippen LogP contribution in [0.4, 0.5) is 9.18 Å². The number of H-pyrrole nitrogens is 1. The molecule has 7 nitrogen and oxygen atoms in total. The van der Waals surface area contributed by atoms with Crippen molar-refractivity contribution >= 4 is 27.9 Å². The Morgan fingerprint density at radius 3 is 2.90 bits per heavy atom. The number of alkyl carbamates (subject to hydrolysis) is 1. The summed E-state index contributed by atoms with van der Waals surface area (Å²) in [6, 6.07) is 4.62. The van der Waals surface area contributed by atoms with Gasteiger partial charge in [0.2, 0.25) is 5.91 Å². The SMILES string of the molecule is CC[C@](C)(NC(=O)OC)C(=O)N1CCCC1c1ncc(-c2ccc(Br)c(F)c2)[nH]1. The summed E-state index contributed by atoms with van der Waals surface area (Å²) < 4.78 is 18.9. The molecule has 29 heavy (non-hydrogen) atoms. The van der Waals surface area contributed by atoms with Gasteiger partial charge in [0.25, 0.3) is 0 Å². The van der Waals surface area contributed by atoms with Gasteiger partial charge in [-0.3, -0.25) is 4.79 Å². The first-order chi connectivity index (χ1) is 13.8. The predicted molar refractivity (Wildman–Crippen MR) is 110 cm³/mol. The van der Waals surface area contributed by atoms with Gasteiger partial charge in [0.1, 0.15) is 17.2 Å². The fourth-order valence-electron chi connectivity index (χ4n) is 3.50. The Morgan fingerprint density at radius 1 is 1.48 bits per heavy atom. The van der Waals surface area contributed by atoms with Crippen LogP contribution in [-0.4, -0.2) is 46.1 Å². The minimum Gasteiger partial charge on any atom is -0.453 e. The maximum atomic E-state index is 13.9. The first kappa shape index (κ1) is 21.3. The minimum absolute atomic E-state index is 0.180. The van der Waals surface area contributed by atoms with Crippen molar-refractivity contribution in [3.8, 4) is 11.3 Å². The van der Waals surface area contributed by atoms with E-state index in [0.717, 1.165) is 12.8 Å². The lowest BCUT2D eigenvalue weighted by Crippen LogP contribution is -2.57. The Hall–Kier alpha value is -2.42. The van der Waals surface area contributed by atoms with E-state index in [2.05, 4.69) is 36.0 Å². The molecule has 1 aliphatic rings. The van der Waals surface area contributed by atoms with E-state index in [1.54, 1.807) is 30.2 Å². The summed E-state index contributed by atoms with van der Waals surface area (Å²) in [5.41, 5.74) is 0.280. The second-order valence-corrected chi connectivity index (χ2v) is 8.12. The molecule has 9 heteroatoms. The van der Waals surface area contributed by atoms with Crippen LogP contribution >= 0.6 is 15.9 Å². The summed E-state index contributed by atoms with van der Waals surface area (Å²) in [6.45, 7) is 4.11. The average Bonchev–Trinajstić information content (AvgIpc) is 3.38. The summed E-state index contributed by atoms with van der Waals surface area (Å²) in [6.07, 6.45) is 3.01. The van der Waals surface area contributed by atoms with Crippen molar-refractivity contribution in [2.75, 3.05) is 13.7 Å². The van der Waals surface area contributed by atoms with E-state index in [9.17, 15) is 14.0 Å². The zero-order chi connectivity index (χ0) is 21.2. The highest BCUT2D eigenvalue weighted by Crippen LogP contribution is 2.34. The van der Waals surface area contributed by atoms with E-state index in [-0.39, 0.29) is 17.8 Å². The second kappa shape index (κ2) is 8.52. The highest BCUT2D eigenvalue weighted by Gasteiger charge is 2.42. The smallest absolute Gasteiger partial charge is 0.407 e. The molecule has 1 fully saturated rings. The number of carbonyl (C=O) groups is 2. The molecule has 156 valence electrons. The third-order valence-electron chi connectivity index (χ3n) is 5.40. The van der Waals surface area contributed by atoms with Crippen LogP contribution in [0, 0.1) is 5.82 Å². The molecule has 2 heterocycles. The Morgan fingerprint density at radius 2 is 2.24 bits per heavy atom. The molecule has 1 aromatic heterocycles. The molecule has 0 radical (unpaired) electrons. The number of aromatic amines is 1. The number of aromatic nitrogens is 2. The monoisotopic (exact) mass is 466 g/mol. The van der Waals surface area contributed by atoms with Crippen molar-refractivity contribution in [2.45, 2.75) is 44.7 Å². The fourth-order valence-corrected chi connectivity index (χ4v) is 3.74. The summed E-state index contributed by atoms with van der Waals surface area (Å²) in [7, 11) is 1.27. The number of likely N-dealkylation sites (tertiary alicyclic amines) is 1. The molecule has 0 bridgehead atoms. The van der Waals surface area contributed by atoms with Gasteiger partial charge < -0.3 is 19.9 Å². The Kier molecular flexibility index (Phi) is 6.26. The molecule has 1 saturated heterocycles. The van der Waals surface area contributed by atoms with Crippen LogP contribution in [0.1, 0.15) is 45.0 Å². The lowest BCUT2D eigenvalue weighted by molar-refractivity contribution is -0.138. The van der Waals surface area contributed by atoms with Crippen molar-refractivity contribution in [1.29, 1.82) is 0 Å². The molecule has 2 atom stereocenters. The molecule has 1 aromatic carbocycles. The van der Waals surface area contributed by atoms with Crippen molar-refractivity contribution in [1.82, 2.24) is 20.2 Å². The number of halogens is 2. The summed E-state index contributed by atoms with van der Waals surface area (Å²) in [4.78, 5) is 34.4. The van der Waals surface area contributed by atoms with Gasteiger partial charge in [-0.05, 0) is 54.2 Å². The Labute approximate surface area is 177 Å². The third-order valence-corrected chi connectivity index (χ3v) is 6.04. The van der Waals surface area contributed by atoms with Gasteiger partial charge in [-0.1, -0.05) is 13.0 Å². The first-order valence-corrected chi connectivity index (χ1v) is 10.3. The van der Waals surface area contributed by atoms with E-state index in [0.29, 0.717) is 34.5 Å². The normalized spacial score (nSPS) is 18.4. The molecular weight excluding hydrogens is 443 g/mol.